The first-order valence-electron chi connectivity index (χ1n) is 9.64. The molecule has 0 spiro atoms. The second-order valence-corrected chi connectivity index (χ2v) is 8.35. The number of hydrogen-bond donors (Lipinski definition) is 0. The predicted molar refractivity (Wildman–Crippen MR) is 124 cm³/mol. The van der Waals surface area contributed by atoms with E-state index >= 15 is 0 Å². The molecule has 1 aromatic heterocycles. The molecular formula is C24H19ClN4OS. The number of benzene rings is 3. The summed E-state index contributed by atoms with van der Waals surface area (Å²) in [5.74, 6) is 1.33. The quantitative estimate of drug-likeness (QED) is 0.334. The van der Waals surface area contributed by atoms with Crippen LogP contribution in [0.15, 0.2) is 84.0 Å². The van der Waals surface area contributed by atoms with Crippen molar-refractivity contribution in [3.63, 3.8) is 0 Å². The summed E-state index contributed by atoms with van der Waals surface area (Å²) in [4.78, 5) is 0. The number of halogens is 1. The lowest BCUT2D eigenvalue weighted by Crippen LogP contribution is -2.07. The summed E-state index contributed by atoms with van der Waals surface area (Å²) in [6.45, 7) is 0. The Morgan fingerprint density at radius 2 is 1.71 bits per heavy atom. The van der Waals surface area contributed by atoms with Crippen LogP contribution in [0.3, 0.4) is 0 Å². The Morgan fingerprint density at radius 1 is 1.00 bits per heavy atom. The van der Waals surface area contributed by atoms with Crippen molar-refractivity contribution < 1.29 is 4.74 Å². The van der Waals surface area contributed by atoms with Gasteiger partial charge in [-0.25, -0.2) is 0 Å². The van der Waals surface area contributed by atoms with Crippen molar-refractivity contribution in [3.8, 4) is 28.9 Å². The summed E-state index contributed by atoms with van der Waals surface area (Å²) in [6.07, 6.45) is 0.611. The summed E-state index contributed by atoms with van der Waals surface area (Å²) >= 11 is 7.50. The second-order valence-electron chi connectivity index (χ2n) is 6.74. The zero-order valence-corrected chi connectivity index (χ0v) is 18.3. The molecule has 0 radical (unpaired) electrons. The number of thioether (sulfide) groups is 1. The van der Waals surface area contributed by atoms with Crippen LogP contribution in [-0.4, -0.2) is 27.1 Å². The third-order valence-corrected chi connectivity index (χ3v) is 6.01. The number of aromatic nitrogens is 3. The van der Waals surface area contributed by atoms with Gasteiger partial charge in [-0.05, 0) is 48.4 Å². The average molecular weight is 447 g/mol. The van der Waals surface area contributed by atoms with E-state index in [0.717, 1.165) is 16.8 Å². The van der Waals surface area contributed by atoms with Gasteiger partial charge < -0.3 is 4.74 Å². The Bertz CT molecular complexity index is 1200. The molecule has 0 aliphatic heterocycles. The van der Waals surface area contributed by atoms with Crippen molar-refractivity contribution in [1.82, 2.24) is 14.8 Å². The highest BCUT2D eigenvalue weighted by Gasteiger charge is 2.22. The normalized spacial score (nSPS) is 11.6. The molecule has 31 heavy (non-hydrogen) atoms. The zero-order chi connectivity index (χ0) is 21.6. The molecule has 3 aromatic carbocycles. The first-order chi connectivity index (χ1) is 15.2. The van der Waals surface area contributed by atoms with Crippen LogP contribution in [0.1, 0.15) is 5.56 Å². The minimum Gasteiger partial charge on any atom is -0.496 e. The van der Waals surface area contributed by atoms with E-state index in [9.17, 15) is 5.26 Å². The van der Waals surface area contributed by atoms with E-state index < -0.39 is 0 Å². The van der Waals surface area contributed by atoms with E-state index in [1.54, 1.807) is 7.11 Å². The van der Waals surface area contributed by atoms with Gasteiger partial charge in [0.15, 0.2) is 11.0 Å². The van der Waals surface area contributed by atoms with Gasteiger partial charge in [0, 0.05) is 10.7 Å². The molecule has 0 aliphatic rings. The van der Waals surface area contributed by atoms with Crippen LogP contribution in [0.5, 0.6) is 5.75 Å². The van der Waals surface area contributed by atoms with Crippen LogP contribution < -0.4 is 4.74 Å². The van der Waals surface area contributed by atoms with Crippen molar-refractivity contribution in [2.24, 2.45) is 0 Å². The van der Waals surface area contributed by atoms with Crippen LogP contribution >= 0.6 is 23.4 Å². The highest BCUT2D eigenvalue weighted by molar-refractivity contribution is 8.00. The highest BCUT2D eigenvalue weighted by atomic mass is 35.5. The standard InChI is InChI=1S/C24H19ClN4OS/c1-30-22-10-6-5-9-21(22)23-27-28-24(29(23)19-13-11-18(25)12-14-19)31-20(16-26)15-17-7-3-2-4-8-17/h2-14,20H,15H2,1H3/t20-/m1/s1. The van der Waals surface area contributed by atoms with Gasteiger partial charge in [0.25, 0.3) is 0 Å². The minimum atomic E-state index is -0.317. The van der Waals surface area contributed by atoms with Gasteiger partial charge in [-0.3, -0.25) is 4.57 Å². The Labute approximate surface area is 190 Å². The molecular weight excluding hydrogens is 428 g/mol. The maximum atomic E-state index is 9.79. The molecule has 7 heteroatoms. The van der Waals surface area contributed by atoms with Gasteiger partial charge in [0.05, 0.1) is 18.7 Å². The molecule has 0 saturated carbocycles. The lowest BCUT2D eigenvalue weighted by Gasteiger charge is -2.14. The monoisotopic (exact) mass is 446 g/mol. The maximum absolute atomic E-state index is 9.79. The summed E-state index contributed by atoms with van der Waals surface area (Å²) in [5, 5.41) is 19.6. The number of methoxy groups -OCH3 is 1. The molecule has 4 aromatic rings. The number of para-hydroxylation sites is 1. The molecule has 0 amide bonds. The first kappa shape index (κ1) is 21.0. The van der Waals surface area contributed by atoms with Crippen molar-refractivity contribution in [1.29, 1.82) is 5.26 Å². The molecule has 5 nitrogen and oxygen atoms in total. The Hall–Kier alpha value is -3.27. The molecule has 0 N–H and O–H groups in total. The topological polar surface area (TPSA) is 63.7 Å². The van der Waals surface area contributed by atoms with Gasteiger partial charge >= 0.3 is 0 Å². The smallest absolute Gasteiger partial charge is 0.197 e. The fraction of sp³-hybridized carbons (Fsp3) is 0.125. The van der Waals surface area contributed by atoms with E-state index in [-0.39, 0.29) is 5.25 Å². The van der Waals surface area contributed by atoms with Gasteiger partial charge in [0.2, 0.25) is 0 Å². The molecule has 0 saturated heterocycles. The number of nitriles is 1. The summed E-state index contributed by atoms with van der Waals surface area (Å²) in [5.41, 5.74) is 2.77. The molecule has 0 fully saturated rings. The van der Waals surface area contributed by atoms with Crippen LogP contribution in [0, 0.1) is 11.3 Å². The zero-order valence-electron chi connectivity index (χ0n) is 16.8. The average Bonchev–Trinajstić information content (AvgIpc) is 3.23. The number of ether oxygens (including phenoxy) is 1. The summed E-state index contributed by atoms with van der Waals surface area (Å²) in [7, 11) is 1.63. The van der Waals surface area contributed by atoms with Gasteiger partial charge in [-0.1, -0.05) is 65.8 Å². The van der Waals surface area contributed by atoms with Crippen LogP contribution in [0.2, 0.25) is 5.02 Å². The third-order valence-electron chi connectivity index (χ3n) is 4.72. The molecule has 4 rings (SSSR count). The Balaban J connectivity index is 1.76. The molecule has 154 valence electrons. The van der Waals surface area contributed by atoms with Crippen LogP contribution in [0.25, 0.3) is 17.1 Å². The molecule has 0 aliphatic carbocycles. The molecule has 0 unspecified atom stereocenters. The van der Waals surface area contributed by atoms with Crippen molar-refractivity contribution in [2.75, 3.05) is 7.11 Å². The maximum Gasteiger partial charge on any atom is 0.197 e. The van der Waals surface area contributed by atoms with Gasteiger partial charge in [0.1, 0.15) is 11.0 Å². The largest absolute Gasteiger partial charge is 0.496 e. The summed E-state index contributed by atoms with van der Waals surface area (Å²) in [6, 6.07) is 27.5. The SMILES string of the molecule is COc1ccccc1-c1nnc(S[C@@H](C#N)Cc2ccccc2)n1-c1ccc(Cl)cc1. The van der Waals surface area contributed by atoms with Gasteiger partial charge in [-0.2, -0.15) is 5.26 Å². The van der Waals surface area contributed by atoms with Crippen molar-refractivity contribution >= 4 is 23.4 Å². The van der Waals surface area contributed by atoms with Crippen molar-refractivity contribution in [3.05, 3.63) is 89.4 Å². The van der Waals surface area contributed by atoms with E-state index in [0.29, 0.717) is 28.2 Å². The van der Waals surface area contributed by atoms with E-state index in [2.05, 4.69) is 16.3 Å². The lowest BCUT2D eigenvalue weighted by molar-refractivity contribution is 0.416. The van der Waals surface area contributed by atoms with Crippen LogP contribution in [0.4, 0.5) is 0 Å². The predicted octanol–water partition coefficient (Wildman–Crippen LogP) is 5.82. The van der Waals surface area contributed by atoms with E-state index in [4.69, 9.17) is 16.3 Å². The lowest BCUT2D eigenvalue weighted by atomic mass is 10.1. The van der Waals surface area contributed by atoms with Gasteiger partial charge in [-0.15, -0.1) is 10.2 Å². The van der Waals surface area contributed by atoms with Crippen molar-refractivity contribution in [2.45, 2.75) is 16.8 Å². The second kappa shape index (κ2) is 9.69. The number of nitrogens with zero attached hydrogens (tertiary/aromatic N) is 4. The highest BCUT2D eigenvalue weighted by Crippen LogP contribution is 2.35. The van der Waals surface area contributed by atoms with Crippen LogP contribution in [-0.2, 0) is 6.42 Å². The summed E-state index contributed by atoms with van der Waals surface area (Å²) < 4.78 is 7.48. The Morgan fingerprint density at radius 3 is 2.42 bits per heavy atom. The third kappa shape index (κ3) is 4.74. The Kier molecular flexibility index (Phi) is 6.56. The fourth-order valence-electron chi connectivity index (χ4n) is 3.24. The first-order valence-corrected chi connectivity index (χ1v) is 10.9. The van der Waals surface area contributed by atoms with E-state index in [1.807, 2.05) is 83.4 Å². The van der Waals surface area contributed by atoms with E-state index in [1.165, 1.54) is 11.8 Å². The molecule has 1 atom stereocenters. The minimum absolute atomic E-state index is 0.317. The number of rotatable bonds is 7. The molecule has 0 bridgehead atoms. The molecule has 1 heterocycles. The fourth-order valence-corrected chi connectivity index (χ4v) is 4.34. The number of hydrogen-bond acceptors (Lipinski definition) is 5.